The third-order valence-corrected chi connectivity index (χ3v) is 2.25. The van der Waals surface area contributed by atoms with Crippen molar-refractivity contribution in [1.82, 2.24) is 0 Å². The van der Waals surface area contributed by atoms with Crippen molar-refractivity contribution in [3.8, 4) is 0 Å². The van der Waals surface area contributed by atoms with Crippen LogP contribution in [0.4, 0.5) is 4.39 Å². The standard InChI is InChI=1S/C9H9Cl2FO/c1-5(10)9(13)6-2-3-8(12)7(11)4-6/h2-5,9,13H,1H3. The second kappa shape index (κ2) is 4.27. The van der Waals surface area contributed by atoms with Crippen LogP contribution in [0.2, 0.25) is 5.02 Å². The van der Waals surface area contributed by atoms with Gasteiger partial charge in [0.15, 0.2) is 0 Å². The average Bonchev–Trinajstić information content (AvgIpc) is 2.08. The summed E-state index contributed by atoms with van der Waals surface area (Å²) in [5.74, 6) is -0.500. The molecule has 2 unspecified atom stereocenters. The first-order valence-electron chi connectivity index (χ1n) is 3.79. The van der Waals surface area contributed by atoms with Crippen molar-refractivity contribution in [2.45, 2.75) is 18.4 Å². The molecule has 0 radical (unpaired) electrons. The van der Waals surface area contributed by atoms with Crippen LogP contribution >= 0.6 is 23.2 Å². The van der Waals surface area contributed by atoms with Gasteiger partial charge in [0.1, 0.15) is 5.82 Å². The third kappa shape index (κ3) is 2.56. The Morgan fingerprint density at radius 1 is 1.46 bits per heavy atom. The number of aliphatic hydroxyl groups is 1. The summed E-state index contributed by atoms with van der Waals surface area (Å²) in [6.45, 7) is 1.66. The molecule has 0 saturated carbocycles. The molecule has 1 nitrogen and oxygen atoms in total. The van der Waals surface area contributed by atoms with Crippen molar-refractivity contribution in [1.29, 1.82) is 0 Å². The third-order valence-electron chi connectivity index (χ3n) is 1.72. The predicted octanol–water partition coefficient (Wildman–Crippen LogP) is 3.14. The van der Waals surface area contributed by atoms with Crippen molar-refractivity contribution in [2.24, 2.45) is 0 Å². The van der Waals surface area contributed by atoms with Crippen LogP contribution in [0, 0.1) is 5.82 Å². The Morgan fingerprint density at radius 3 is 2.54 bits per heavy atom. The van der Waals surface area contributed by atoms with E-state index < -0.39 is 17.3 Å². The zero-order valence-corrected chi connectivity index (χ0v) is 8.48. The van der Waals surface area contributed by atoms with Gasteiger partial charge in [-0.25, -0.2) is 4.39 Å². The van der Waals surface area contributed by atoms with Gasteiger partial charge < -0.3 is 5.11 Å². The number of rotatable bonds is 2. The molecule has 1 N–H and O–H groups in total. The Labute approximate surface area is 86.1 Å². The molecule has 13 heavy (non-hydrogen) atoms. The molecule has 72 valence electrons. The number of alkyl halides is 1. The van der Waals surface area contributed by atoms with E-state index >= 15 is 0 Å². The van der Waals surface area contributed by atoms with Gasteiger partial charge >= 0.3 is 0 Å². The molecular formula is C9H9Cl2FO. The molecule has 0 fully saturated rings. The first-order chi connectivity index (χ1) is 6.02. The van der Waals surface area contributed by atoms with Crippen LogP contribution in [-0.2, 0) is 0 Å². The average molecular weight is 223 g/mol. The zero-order chi connectivity index (χ0) is 10.0. The fraction of sp³-hybridized carbons (Fsp3) is 0.333. The maximum absolute atomic E-state index is 12.7. The normalized spacial score (nSPS) is 15.5. The van der Waals surface area contributed by atoms with Gasteiger partial charge in [-0.2, -0.15) is 0 Å². The number of hydrogen-bond donors (Lipinski definition) is 1. The molecule has 1 rings (SSSR count). The fourth-order valence-corrected chi connectivity index (χ4v) is 1.30. The van der Waals surface area contributed by atoms with E-state index in [1.54, 1.807) is 6.92 Å². The second-order valence-corrected chi connectivity index (χ2v) is 3.89. The van der Waals surface area contributed by atoms with E-state index in [2.05, 4.69) is 0 Å². The van der Waals surface area contributed by atoms with Gasteiger partial charge in [-0.1, -0.05) is 17.7 Å². The molecule has 0 bridgehead atoms. The molecule has 0 saturated heterocycles. The first-order valence-corrected chi connectivity index (χ1v) is 4.61. The Balaban J connectivity index is 2.97. The minimum absolute atomic E-state index is 0.00568. The largest absolute Gasteiger partial charge is 0.387 e. The highest BCUT2D eigenvalue weighted by atomic mass is 35.5. The minimum Gasteiger partial charge on any atom is -0.387 e. The van der Waals surface area contributed by atoms with Gasteiger partial charge in [-0.15, -0.1) is 11.6 Å². The monoisotopic (exact) mass is 222 g/mol. The van der Waals surface area contributed by atoms with Crippen molar-refractivity contribution in [3.63, 3.8) is 0 Å². The van der Waals surface area contributed by atoms with E-state index in [1.807, 2.05) is 0 Å². The van der Waals surface area contributed by atoms with Crippen LogP contribution in [0.25, 0.3) is 0 Å². The summed E-state index contributed by atoms with van der Waals surface area (Å²) in [7, 11) is 0. The van der Waals surface area contributed by atoms with E-state index in [0.717, 1.165) is 0 Å². The van der Waals surface area contributed by atoms with E-state index in [0.29, 0.717) is 5.56 Å². The van der Waals surface area contributed by atoms with E-state index in [4.69, 9.17) is 23.2 Å². The number of halogens is 3. The van der Waals surface area contributed by atoms with Crippen LogP contribution < -0.4 is 0 Å². The topological polar surface area (TPSA) is 20.2 Å². The summed E-state index contributed by atoms with van der Waals surface area (Å²) < 4.78 is 12.7. The molecule has 0 aliphatic heterocycles. The van der Waals surface area contributed by atoms with Gasteiger partial charge in [0.05, 0.1) is 16.5 Å². The SMILES string of the molecule is CC(Cl)C(O)c1ccc(F)c(Cl)c1. The summed E-state index contributed by atoms with van der Waals surface area (Å²) in [4.78, 5) is 0. The van der Waals surface area contributed by atoms with E-state index in [9.17, 15) is 9.50 Å². The molecule has 1 aromatic rings. The van der Waals surface area contributed by atoms with Crippen LogP contribution in [0.15, 0.2) is 18.2 Å². The lowest BCUT2D eigenvalue weighted by Crippen LogP contribution is -2.08. The molecule has 0 aliphatic rings. The molecule has 4 heteroatoms. The van der Waals surface area contributed by atoms with Gasteiger partial charge in [0.25, 0.3) is 0 Å². The Hall–Kier alpha value is -0.310. The number of aliphatic hydroxyl groups excluding tert-OH is 1. The lowest BCUT2D eigenvalue weighted by atomic mass is 10.1. The molecule has 2 atom stereocenters. The van der Waals surface area contributed by atoms with Gasteiger partial charge in [0.2, 0.25) is 0 Å². The zero-order valence-electron chi connectivity index (χ0n) is 6.97. The predicted molar refractivity (Wildman–Crippen MR) is 51.7 cm³/mol. The minimum atomic E-state index is -0.820. The quantitative estimate of drug-likeness (QED) is 0.763. The Kier molecular flexibility index (Phi) is 3.54. The van der Waals surface area contributed by atoms with Crippen molar-refractivity contribution in [2.75, 3.05) is 0 Å². The molecule has 0 aliphatic carbocycles. The lowest BCUT2D eigenvalue weighted by Gasteiger charge is -2.13. The molecular weight excluding hydrogens is 214 g/mol. The van der Waals surface area contributed by atoms with Crippen LogP contribution in [0.3, 0.4) is 0 Å². The first kappa shape index (κ1) is 10.8. The molecule has 0 amide bonds. The molecule has 0 heterocycles. The summed E-state index contributed by atoms with van der Waals surface area (Å²) >= 11 is 11.2. The second-order valence-electron chi connectivity index (χ2n) is 2.80. The smallest absolute Gasteiger partial charge is 0.141 e. The Morgan fingerprint density at radius 2 is 2.08 bits per heavy atom. The highest BCUT2D eigenvalue weighted by Gasteiger charge is 2.14. The van der Waals surface area contributed by atoms with Crippen LogP contribution in [-0.4, -0.2) is 10.5 Å². The number of benzene rings is 1. The van der Waals surface area contributed by atoms with Crippen LogP contribution in [0.5, 0.6) is 0 Å². The van der Waals surface area contributed by atoms with E-state index in [1.165, 1.54) is 18.2 Å². The fourth-order valence-electron chi connectivity index (χ4n) is 0.962. The number of hydrogen-bond acceptors (Lipinski definition) is 1. The summed E-state index contributed by atoms with van der Waals surface area (Å²) in [5, 5.41) is 9.07. The summed E-state index contributed by atoms with van der Waals surface area (Å²) in [6.07, 6.45) is -0.820. The van der Waals surface area contributed by atoms with E-state index in [-0.39, 0.29) is 5.02 Å². The lowest BCUT2D eigenvalue weighted by molar-refractivity contribution is 0.177. The van der Waals surface area contributed by atoms with Crippen molar-refractivity contribution < 1.29 is 9.50 Å². The van der Waals surface area contributed by atoms with Gasteiger partial charge in [-0.05, 0) is 24.6 Å². The highest BCUT2D eigenvalue weighted by molar-refractivity contribution is 6.30. The van der Waals surface area contributed by atoms with Crippen molar-refractivity contribution in [3.05, 3.63) is 34.6 Å². The van der Waals surface area contributed by atoms with Crippen molar-refractivity contribution >= 4 is 23.2 Å². The van der Waals surface area contributed by atoms with Crippen LogP contribution in [0.1, 0.15) is 18.6 Å². The summed E-state index contributed by atoms with van der Waals surface area (Å²) in [6, 6.07) is 4.05. The highest BCUT2D eigenvalue weighted by Crippen LogP contribution is 2.24. The van der Waals surface area contributed by atoms with Gasteiger partial charge in [-0.3, -0.25) is 0 Å². The molecule has 0 spiro atoms. The maximum atomic E-state index is 12.7. The molecule has 0 aromatic heterocycles. The Bertz CT molecular complexity index is 302. The maximum Gasteiger partial charge on any atom is 0.141 e. The summed E-state index contributed by atoms with van der Waals surface area (Å²) in [5.41, 5.74) is 0.522. The van der Waals surface area contributed by atoms with Gasteiger partial charge in [0, 0.05) is 0 Å². The molecule has 1 aromatic carbocycles.